The van der Waals surface area contributed by atoms with Gasteiger partial charge in [-0.25, -0.2) is 0 Å². The minimum absolute atomic E-state index is 0.448. The Labute approximate surface area is 122 Å². The van der Waals surface area contributed by atoms with Crippen molar-refractivity contribution in [2.24, 2.45) is 5.41 Å². The normalized spacial score (nSPS) is 27.1. The van der Waals surface area contributed by atoms with Gasteiger partial charge in [0.15, 0.2) is 0 Å². The zero-order chi connectivity index (χ0) is 14.2. The van der Waals surface area contributed by atoms with Gasteiger partial charge in [-0.05, 0) is 53.8 Å². The quantitative estimate of drug-likeness (QED) is 0.876. The number of benzene rings is 1. The first-order valence-corrected chi connectivity index (χ1v) is 8.18. The molecular weight excluding hydrogens is 246 g/mol. The average molecular weight is 273 g/mol. The van der Waals surface area contributed by atoms with Crippen LogP contribution >= 0.6 is 0 Å². The fourth-order valence-corrected chi connectivity index (χ4v) is 4.43. The number of nitrogens with one attached hydrogen (secondary N) is 1. The van der Waals surface area contributed by atoms with E-state index in [1.807, 2.05) is 0 Å². The molecule has 1 heterocycles. The van der Waals surface area contributed by atoms with Crippen molar-refractivity contribution in [3.05, 3.63) is 34.9 Å². The maximum atomic E-state index is 5.55. The molecule has 0 bridgehead atoms. The fourth-order valence-electron chi connectivity index (χ4n) is 4.43. The van der Waals surface area contributed by atoms with Gasteiger partial charge in [0, 0.05) is 6.04 Å². The fraction of sp³-hybridized carbons (Fsp3) is 0.667. The first-order valence-electron chi connectivity index (χ1n) is 8.18. The summed E-state index contributed by atoms with van der Waals surface area (Å²) in [6, 6.07) is 7.74. The maximum Gasteiger partial charge on any atom is 0.0725 e. The zero-order valence-corrected chi connectivity index (χ0v) is 13.0. The molecule has 2 atom stereocenters. The monoisotopic (exact) mass is 273 g/mol. The Kier molecular flexibility index (Phi) is 3.87. The number of rotatable bonds is 5. The van der Waals surface area contributed by atoms with Crippen molar-refractivity contribution < 1.29 is 4.74 Å². The van der Waals surface area contributed by atoms with Crippen LogP contribution in [0.1, 0.15) is 62.6 Å². The van der Waals surface area contributed by atoms with E-state index in [1.54, 1.807) is 0 Å². The molecule has 2 unspecified atom stereocenters. The van der Waals surface area contributed by atoms with E-state index in [4.69, 9.17) is 4.74 Å². The summed E-state index contributed by atoms with van der Waals surface area (Å²) < 4.78 is 5.55. The number of hydrogen-bond donors (Lipinski definition) is 1. The van der Waals surface area contributed by atoms with Gasteiger partial charge in [-0.2, -0.15) is 0 Å². The van der Waals surface area contributed by atoms with Gasteiger partial charge in [0.25, 0.3) is 0 Å². The van der Waals surface area contributed by atoms with Gasteiger partial charge in [-0.15, -0.1) is 0 Å². The molecule has 1 saturated carbocycles. The number of ether oxygens (including phenoxy) is 1. The van der Waals surface area contributed by atoms with E-state index in [-0.39, 0.29) is 0 Å². The van der Waals surface area contributed by atoms with E-state index in [9.17, 15) is 0 Å². The van der Waals surface area contributed by atoms with Gasteiger partial charge in [-0.3, -0.25) is 0 Å². The Hall–Kier alpha value is -0.860. The third kappa shape index (κ3) is 2.01. The summed E-state index contributed by atoms with van der Waals surface area (Å²) in [4.78, 5) is 0. The van der Waals surface area contributed by atoms with E-state index in [1.165, 1.54) is 36.0 Å². The van der Waals surface area contributed by atoms with Crippen LogP contribution in [0.3, 0.4) is 0 Å². The Balaban J connectivity index is 1.86. The van der Waals surface area contributed by atoms with Gasteiger partial charge in [0.2, 0.25) is 0 Å². The van der Waals surface area contributed by atoms with Gasteiger partial charge in [-0.1, -0.05) is 39.0 Å². The molecule has 1 fully saturated rings. The second kappa shape index (κ2) is 5.50. The van der Waals surface area contributed by atoms with Crippen LogP contribution in [-0.4, -0.2) is 12.6 Å². The van der Waals surface area contributed by atoms with E-state index < -0.39 is 0 Å². The molecule has 1 aromatic rings. The molecule has 0 spiro atoms. The Morgan fingerprint density at radius 2 is 1.90 bits per heavy atom. The first-order chi connectivity index (χ1) is 9.75. The summed E-state index contributed by atoms with van der Waals surface area (Å²) >= 11 is 0. The molecule has 0 saturated heterocycles. The van der Waals surface area contributed by atoms with Crippen LogP contribution in [0.4, 0.5) is 0 Å². The molecule has 2 nitrogen and oxygen atoms in total. The maximum absolute atomic E-state index is 5.55. The predicted octanol–water partition coefficient (Wildman–Crippen LogP) is 3.99. The molecular formula is C18H27NO. The van der Waals surface area contributed by atoms with E-state index >= 15 is 0 Å². The van der Waals surface area contributed by atoms with Crippen LogP contribution in [0.2, 0.25) is 0 Å². The molecule has 1 aliphatic heterocycles. The summed E-state index contributed by atoms with van der Waals surface area (Å²) in [6.07, 6.45) is 3.81. The number of hydrogen-bond acceptors (Lipinski definition) is 2. The molecule has 0 aromatic heterocycles. The summed E-state index contributed by atoms with van der Waals surface area (Å²) in [5.74, 6) is 0.715. The Bertz CT molecular complexity index is 478. The smallest absolute Gasteiger partial charge is 0.0725 e. The van der Waals surface area contributed by atoms with E-state index in [0.717, 1.165) is 19.8 Å². The van der Waals surface area contributed by atoms with Crippen molar-refractivity contribution >= 4 is 0 Å². The Morgan fingerprint density at radius 3 is 2.60 bits per heavy atom. The standard InChI is InChI=1S/C18H27NO/c1-4-18(5-2)16(10-17(18)19-6-3)13-7-8-14-11-20-12-15(14)9-13/h7-9,16-17,19H,4-6,10-12H2,1-3H3. The summed E-state index contributed by atoms with van der Waals surface area (Å²) in [7, 11) is 0. The second-order valence-corrected chi connectivity index (χ2v) is 6.36. The van der Waals surface area contributed by atoms with Gasteiger partial charge >= 0.3 is 0 Å². The van der Waals surface area contributed by atoms with Crippen LogP contribution in [0.15, 0.2) is 18.2 Å². The second-order valence-electron chi connectivity index (χ2n) is 6.36. The molecule has 3 rings (SSSR count). The lowest BCUT2D eigenvalue weighted by atomic mass is 9.51. The molecule has 20 heavy (non-hydrogen) atoms. The van der Waals surface area contributed by atoms with Crippen LogP contribution in [0.5, 0.6) is 0 Å². The SMILES string of the molecule is CCNC1CC(c2ccc3c(c2)COC3)C1(CC)CC. The largest absolute Gasteiger partial charge is 0.372 e. The van der Waals surface area contributed by atoms with Crippen LogP contribution in [0, 0.1) is 5.41 Å². The van der Waals surface area contributed by atoms with Crippen LogP contribution in [-0.2, 0) is 18.0 Å². The third-order valence-electron chi connectivity index (χ3n) is 5.77. The minimum Gasteiger partial charge on any atom is -0.372 e. The molecule has 1 N–H and O–H groups in total. The highest BCUT2D eigenvalue weighted by Crippen LogP contribution is 2.57. The van der Waals surface area contributed by atoms with Crippen molar-refractivity contribution in [3.63, 3.8) is 0 Å². The molecule has 1 aromatic carbocycles. The molecule has 2 aliphatic rings. The summed E-state index contributed by atoms with van der Waals surface area (Å²) in [6.45, 7) is 9.62. The minimum atomic E-state index is 0.448. The lowest BCUT2D eigenvalue weighted by Crippen LogP contribution is -2.58. The van der Waals surface area contributed by atoms with Crippen molar-refractivity contribution in [1.29, 1.82) is 0 Å². The van der Waals surface area contributed by atoms with Crippen molar-refractivity contribution in [3.8, 4) is 0 Å². The number of fused-ring (bicyclic) bond motifs is 1. The third-order valence-corrected chi connectivity index (χ3v) is 5.77. The van der Waals surface area contributed by atoms with Gasteiger partial charge < -0.3 is 10.1 Å². The summed E-state index contributed by atoms with van der Waals surface area (Å²) in [5, 5.41) is 3.70. The van der Waals surface area contributed by atoms with Crippen molar-refractivity contribution in [2.45, 2.75) is 65.2 Å². The highest BCUT2D eigenvalue weighted by atomic mass is 16.5. The molecule has 110 valence electrons. The van der Waals surface area contributed by atoms with Crippen LogP contribution < -0.4 is 5.32 Å². The van der Waals surface area contributed by atoms with Crippen LogP contribution in [0.25, 0.3) is 0 Å². The summed E-state index contributed by atoms with van der Waals surface area (Å²) in [5.41, 5.74) is 4.78. The molecule has 2 heteroatoms. The highest BCUT2D eigenvalue weighted by molar-refractivity contribution is 5.37. The molecule has 0 amide bonds. The molecule has 0 radical (unpaired) electrons. The Morgan fingerprint density at radius 1 is 1.15 bits per heavy atom. The average Bonchev–Trinajstić information content (AvgIpc) is 2.92. The van der Waals surface area contributed by atoms with Gasteiger partial charge in [0.05, 0.1) is 13.2 Å². The molecule has 1 aliphatic carbocycles. The zero-order valence-electron chi connectivity index (χ0n) is 13.0. The van der Waals surface area contributed by atoms with Gasteiger partial charge in [0.1, 0.15) is 0 Å². The predicted molar refractivity (Wildman–Crippen MR) is 82.8 cm³/mol. The van der Waals surface area contributed by atoms with E-state index in [0.29, 0.717) is 17.4 Å². The van der Waals surface area contributed by atoms with E-state index in [2.05, 4.69) is 44.3 Å². The topological polar surface area (TPSA) is 21.3 Å². The highest BCUT2D eigenvalue weighted by Gasteiger charge is 2.52. The lowest BCUT2D eigenvalue weighted by Gasteiger charge is -2.57. The first kappa shape index (κ1) is 14.1. The van der Waals surface area contributed by atoms with Crippen molar-refractivity contribution in [1.82, 2.24) is 5.32 Å². The lowest BCUT2D eigenvalue weighted by molar-refractivity contribution is 0.0210. The van der Waals surface area contributed by atoms with Crippen molar-refractivity contribution in [2.75, 3.05) is 6.54 Å².